The standard InChI is InChI=1S/C18H18N2O3S/c1-12(21)14-3-5-16(6-4-14)20-18(23)11-24-17-9-7-15(8-10-17)19-13(2)22/h3-10H,11H2,1-2H3,(H,19,22)(H,20,23). The maximum Gasteiger partial charge on any atom is 0.234 e. The van der Waals surface area contributed by atoms with Crippen molar-refractivity contribution >= 4 is 40.7 Å². The minimum atomic E-state index is -0.124. The van der Waals surface area contributed by atoms with E-state index in [9.17, 15) is 14.4 Å². The second-order valence-corrected chi connectivity index (χ2v) is 6.22. The minimum absolute atomic E-state index is 0.00820. The maximum atomic E-state index is 12.0. The van der Waals surface area contributed by atoms with Gasteiger partial charge in [0.15, 0.2) is 5.78 Å². The highest BCUT2D eigenvalue weighted by atomic mass is 32.2. The summed E-state index contributed by atoms with van der Waals surface area (Å²) in [4.78, 5) is 35.1. The van der Waals surface area contributed by atoms with Gasteiger partial charge in [0.1, 0.15) is 0 Å². The average Bonchev–Trinajstić information content (AvgIpc) is 2.54. The van der Waals surface area contributed by atoms with E-state index in [-0.39, 0.29) is 23.4 Å². The van der Waals surface area contributed by atoms with Crippen LogP contribution in [0.4, 0.5) is 11.4 Å². The molecule has 0 aromatic heterocycles. The Kier molecular flexibility index (Phi) is 6.14. The molecular formula is C18H18N2O3S. The Morgan fingerprint density at radius 2 is 1.38 bits per heavy atom. The number of carbonyl (C=O) groups is 3. The minimum Gasteiger partial charge on any atom is -0.326 e. The highest BCUT2D eigenvalue weighted by molar-refractivity contribution is 8.00. The fraction of sp³-hybridized carbons (Fsp3) is 0.167. The van der Waals surface area contributed by atoms with Crippen LogP contribution in [0.3, 0.4) is 0 Å². The SMILES string of the molecule is CC(=O)Nc1ccc(SCC(=O)Nc2ccc(C(C)=O)cc2)cc1. The summed E-state index contributed by atoms with van der Waals surface area (Å²) >= 11 is 1.40. The summed E-state index contributed by atoms with van der Waals surface area (Å²) in [6.07, 6.45) is 0. The Bertz CT molecular complexity index is 740. The number of benzene rings is 2. The Hall–Kier alpha value is -2.60. The molecule has 0 atom stereocenters. The molecule has 2 aromatic carbocycles. The summed E-state index contributed by atoms with van der Waals surface area (Å²) in [6, 6.07) is 14.1. The summed E-state index contributed by atoms with van der Waals surface area (Å²) in [6.45, 7) is 2.96. The van der Waals surface area contributed by atoms with E-state index in [2.05, 4.69) is 10.6 Å². The molecule has 2 aromatic rings. The van der Waals surface area contributed by atoms with Crippen LogP contribution >= 0.6 is 11.8 Å². The van der Waals surface area contributed by atoms with Crippen LogP contribution in [0.25, 0.3) is 0 Å². The van der Waals surface area contributed by atoms with Gasteiger partial charge in [-0.05, 0) is 55.5 Å². The molecule has 0 aliphatic rings. The number of ketones is 1. The lowest BCUT2D eigenvalue weighted by atomic mass is 10.1. The van der Waals surface area contributed by atoms with Gasteiger partial charge in [0.05, 0.1) is 5.75 Å². The predicted octanol–water partition coefficient (Wildman–Crippen LogP) is 3.58. The first kappa shape index (κ1) is 17.7. The molecule has 2 rings (SSSR count). The highest BCUT2D eigenvalue weighted by Crippen LogP contribution is 2.20. The Labute approximate surface area is 144 Å². The summed E-state index contributed by atoms with van der Waals surface area (Å²) in [5.74, 6) is 0.0201. The molecule has 24 heavy (non-hydrogen) atoms. The topological polar surface area (TPSA) is 75.3 Å². The predicted molar refractivity (Wildman–Crippen MR) is 96.5 cm³/mol. The molecule has 0 aliphatic carbocycles. The normalized spacial score (nSPS) is 10.1. The molecule has 0 radical (unpaired) electrons. The number of hydrogen-bond donors (Lipinski definition) is 2. The van der Waals surface area contributed by atoms with Crippen LogP contribution in [-0.4, -0.2) is 23.4 Å². The number of carbonyl (C=O) groups excluding carboxylic acids is 3. The van der Waals surface area contributed by atoms with Crippen molar-refractivity contribution in [2.45, 2.75) is 18.7 Å². The number of Topliss-reactive ketones (excluding diaryl/α,β-unsaturated/α-hetero) is 1. The average molecular weight is 342 g/mol. The van der Waals surface area contributed by atoms with E-state index in [1.807, 2.05) is 12.1 Å². The molecule has 0 saturated heterocycles. The van der Waals surface area contributed by atoms with Crippen LogP contribution in [-0.2, 0) is 9.59 Å². The Morgan fingerprint density at radius 1 is 0.833 bits per heavy atom. The van der Waals surface area contributed by atoms with Gasteiger partial charge in [0.2, 0.25) is 11.8 Å². The number of nitrogens with one attached hydrogen (secondary N) is 2. The number of thioether (sulfide) groups is 1. The van der Waals surface area contributed by atoms with Gasteiger partial charge in [-0.15, -0.1) is 11.8 Å². The van der Waals surface area contributed by atoms with Gasteiger partial charge in [0.25, 0.3) is 0 Å². The van der Waals surface area contributed by atoms with E-state index in [4.69, 9.17) is 0 Å². The molecule has 6 heteroatoms. The molecule has 2 amide bonds. The van der Waals surface area contributed by atoms with Gasteiger partial charge in [-0.2, -0.15) is 0 Å². The summed E-state index contributed by atoms with van der Waals surface area (Å²) in [5.41, 5.74) is 2.00. The van der Waals surface area contributed by atoms with Gasteiger partial charge in [-0.25, -0.2) is 0 Å². The molecule has 0 saturated carbocycles. The second-order valence-electron chi connectivity index (χ2n) is 5.18. The van der Waals surface area contributed by atoms with E-state index >= 15 is 0 Å². The second kappa shape index (κ2) is 8.31. The van der Waals surface area contributed by atoms with Crippen LogP contribution < -0.4 is 10.6 Å². The quantitative estimate of drug-likeness (QED) is 0.621. The van der Waals surface area contributed by atoms with Crippen molar-refractivity contribution in [3.05, 3.63) is 54.1 Å². The lowest BCUT2D eigenvalue weighted by Crippen LogP contribution is -2.14. The molecule has 0 bridgehead atoms. The van der Waals surface area contributed by atoms with Gasteiger partial charge >= 0.3 is 0 Å². The zero-order chi connectivity index (χ0) is 17.5. The number of rotatable bonds is 6. The molecule has 0 fully saturated rings. The van der Waals surface area contributed by atoms with Crippen molar-refractivity contribution < 1.29 is 14.4 Å². The largest absolute Gasteiger partial charge is 0.326 e. The number of amides is 2. The fourth-order valence-corrected chi connectivity index (χ4v) is 2.67. The monoisotopic (exact) mass is 342 g/mol. The zero-order valence-corrected chi connectivity index (χ0v) is 14.3. The van der Waals surface area contributed by atoms with Gasteiger partial charge in [-0.3, -0.25) is 14.4 Å². The molecule has 124 valence electrons. The first-order chi connectivity index (χ1) is 11.4. The van der Waals surface area contributed by atoms with Crippen LogP contribution in [0.5, 0.6) is 0 Å². The van der Waals surface area contributed by atoms with Crippen LogP contribution in [0.2, 0.25) is 0 Å². The van der Waals surface area contributed by atoms with Crippen LogP contribution in [0.15, 0.2) is 53.4 Å². The van der Waals surface area contributed by atoms with Crippen molar-refractivity contribution in [2.75, 3.05) is 16.4 Å². The third kappa shape index (κ3) is 5.55. The van der Waals surface area contributed by atoms with E-state index in [1.165, 1.54) is 25.6 Å². The number of anilines is 2. The Morgan fingerprint density at radius 3 is 1.92 bits per heavy atom. The van der Waals surface area contributed by atoms with Gasteiger partial charge in [0, 0.05) is 28.8 Å². The molecule has 2 N–H and O–H groups in total. The lowest BCUT2D eigenvalue weighted by Gasteiger charge is -2.07. The molecule has 0 unspecified atom stereocenters. The van der Waals surface area contributed by atoms with E-state index in [0.717, 1.165) is 10.6 Å². The highest BCUT2D eigenvalue weighted by Gasteiger charge is 2.05. The van der Waals surface area contributed by atoms with Crippen molar-refractivity contribution in [3.63, 3.8) is 0 Å². The maximum absolute atomic E-state index is 12.0. The first-order valence-corrected chi connectivity index (χ1v) is 8.34. The smallest absolute Gasteiger partial charge is 0.234 e. The van der Waals surface area contributed by atoms with Crippen molar-refractivity contribution in [2.24, 2.45) is 0 Å². The van der Waals surface area contributed by atoms with E-state index in [1.54, 1.807) is 36.4 Å². The van der Waals surface area contributed by atoms with Gasteiger partial charge < -0.3 is 10.6 Å². The third-order valence-corrected chi connectivity index (χ3v) is 4.13. The fourth-order valence-electron chi connectivity index (χ4n) is 1.97. The number of hydrogen-bond acceptors (Lipinski definition) is 4. The summed E-state index contributed by atoms with van der Waals surface area (Å²) < 4.78 is 0. The van der Waals surface area contributed by atoms with E-state index in [0.29, 0.717) is 11.3 Å². The molecule has 0 aliphatic heterocycles. The van der Waals surface area contributed by atoms with Crippen LogP contribution in [0.1, 0.15) is 24.2 Å². The van der Waals surface area contributed by atoms with E-state index < -0.39 is 0 Å². The lowest BCUT2D eigenvalue weighted by molar-refractivity contribution is -0.114. The summed E-state index contributed by atoms with van der Waals surface area (Å²) in [5, 5.41) is 5.48. The molecule has 0 heterocycles. The zero-order valence-electron chi connectivity index (χ0n) is 13.5. The Balaban J connectivity index is 1.84. The molecule has 0 spiro atoms. The third-order valence-electron chi connectivity index (χ3n) is 3.12. The first-order valence-electron chi connectivity index (χ1n) is 7.35. The molecule has 5 nitrogen and oxygen atoms in total. The van der Waals surface area contributed by atoms with Crippen molar-refractivity contribution in [1.82, 2.24) is 0 Å². The van der Waals surface area contributed by atoms with Gasteiger partial charge in [-0.1, -0.05) is 0 Å². The van der Waals surface area contributed by atoms with Crippen molar-refractivity contribution in [3.8, 4) is 0 Å². The van der Waals surface area contributed by atoms with Crippen LogP contribution in [0, 0.1) is 0 Å². The molecular weight excluding hydrogens is 324 g/mol. The summed E-state index contributed by atoms with van der Waals surface area (Å²) in [7, 11) is 0. The van der Waals surface area contributed by atoms with Crippen molar-refractivity contribution in [1.29, 1.82) is 0 Å².